The normalized spacial score (nSPS) is 12.8. The topological polar surface area (TPSA) is 0 Å². The molecule has 1 heterocycles. The molecule has 0 aliphatic rings. The summed E-state index contributed by atoms with van der Waals surface area (Å²) >= 11 is 11.0. The second kappa shape index (κ2) is 4.86. The van der Waals surface area contributed by atoms with Gasteiger partial charge < -0.3 is 0 Å². The zero-order valence-electron chi connectivity index (χ0n) is 8.51. The van der Waals surface area contributed by atoms with Crippen molar-refractivity contribution >= 4 is 38.9 Å². The summed E-state index contributed by atoms with van der Waals surface area (Å²) < 4.78 is 14.3. The molecule has 0 saturated heterocycles. The van der Waals surface area contributed by atoms with Crippen molar-refractivity contribution in [1.29, 1.82) is 0 Å². The fourth-order valence-electron chi connectivity index (χ4n) is 1.46. The number of halogens is 3. The second-order valence-electron chi connectivity index (χ2n) is 3.45. The molecule has 2 rings (SSSR count). The molecule has 4 heteroatoms. The molecule has 84 valence electrons. The first kappa shape index (κ1) is 12.1. The molecule has 0 nitrogen and oxygen atoms in total. The van der Waals surface area contributed by atoms with Crippen LogP contribution in [0.3, 0.4) is 0 Å². The third-order valence-electron chi connectivity index (χ3n) is 2.27. The van der Waals surface area contributed by atoms with Crippen LogP contribution in [0.2, 0.25) is 0 Å². The summed E-state index contributed by atoms with van der Waals surface area (Å²) in [6, 6.07) is 9.11. The Kier molecular flexibility index (Phi) is 3.67. The molecule has 0 fully saturated rings. The van der Waals surface area contributed by atoms with Crippen molar-refractivity contribution < 1.29 is 4.39 Å². The van der Waals surface area contributed by atoms with Crippen LogP contribution in [0.1, 0.15) is 20.7 Å². The lowest BCUT2D eigenvalue weighted by atomic mass is 10.1. The third kappa shape index (κ3) is 2.31. The molecule has 1 unspecified atom stereocenters. The molecule has 1 aromatic heterocycles. The third-order valence-corrected chi connectivity index (χ3v) is 4.54. The molecular formula is C12H9BrClFS. The zero-order valence-corrected chi connectivity index (χ0v) is 11.7. The van der Waals surface area contributed by atoms with Gasteiger partial charge in [-0.1, -0.05) is 12.1 Å². The van der Waals surface area contributed by atoms with Gasteiger partial charge in [-0.2, -0.15) is 0 Å². The predicted molar refractivity (Wildman–Crippen MR) is 70.9 cm³/mol. The minimum Gasteiger partial charge on any atom is -0.205 e. The summed E-state index contributed by atoms with van der Waals surface area (Å²) in [5, 5.41) is -0.420. The van der Waals surface area contributed by atoms with E-state index in [1.165, 1.54) is 4.88 Å². The highest BCUT2D eigenvalue weighted by atomic mass is 79.9. The second-order valence-corrected chi connectivity index (χ2v) is 6.06. The summed E-state index contributed by atoms with van der Waals surface area (Å²) in [6.45, 7) is 2.01. The molecule has 16 heavy (non-hydrogen) atoms. The van der Waals surface area contributed by atoms with Crippen molar-refractivity contribution in [2.24, 2.45) is 0 Å². The van der Waals surface area contributed by atoms with Crippen molar-refractivity contribution in [2.75, 3.05) is 0 Å². The Balaban J connectivity index is 2.41. The van der Waals surface area contributed by atoms with E-state index in [4.69, 9.17) is 11.6 Å². The van der Waals surface area contributed by atoms with Gasteiger partial charge in [0, 0.05) is 15.3 Å². The van der Waals surface area contributed by atoms with E-state index in [2.05, 4.69) is 15.9 Å². The number of hydrogen-bond acceptors (Lipinski definition) is 1. The fraction of sp³-hybridized carbons (Fsp3) is 0.167. The minimum absolute atomic E-state index is 0.284. The van der Waals surface area contributed by atoms with Gasteiger partial charge in [-0.25, -0.2) is 4.39 Å². The van der Waals surface area contributed by atoms with Crippen LogP contribution < -0.4 is 0 Å². The van der Waals surface area contributed by atoms with E-state index >= 15 is 0 Å². The lowest BCUT2D eigenvalue weighted by molar-refractivity contribution is 0.606. The molecule has 0 saturated carbocycles. The van der Waals surface area contributed by atoms with Crippen LogP contribution in [0.15, 0.2) is 34.8 Å². The zero-order chi connectivity index (χ0) is 11.7. The van der Waals surface area contributed by atoms with Gasteiger partial charge in [0.2, 0.25) is 0 Å². The van der Waals surface area contributed by atoms with Crippen molar-refractivity contribution in [1.82, 2.24) is 0 Å². The Bertz CT molecular complexity index is 509. The number of rotatable bonds is 2. The smallest absolute Gasteiger partial charge is 0.142 e. The standard InChI is InChI=1S/C12H9BrClFS/c1-7-5-6-10(16-7)11(14)8-3-2-4-9(13)12(8)15/h2-6,11H,1H3. The Hall–Kier alpha value is -0.380. The maximum Gasteiger partial charge on any atom is 0.142 e. The summed E-state index contributed by atoms with van der Waals surface area (Å²) in [7, 11) is 0. The van der Waals surface area contributed by atoms with E-state index in [0.717, 1.165) is 4.88 Å². The summed E-state index contributed by atoms with van der Waals surface area (Å²) in [6.07, 6.45) is 0. The Morgan fingerprint density at radius 1 is 1.31 bits per heavy atom. The van der Waals surface area contributed by atoms with Crippen molar-refractivity contribution in [3.05, 3.63) is 55.9 Å². The summed E-state index contributed by atoms with van der Waals surface area (Å²) in [5.41, 5.74) is 0.512. The van der Waals surface area contributed by atoms with E-state index in [-0.39, 0.29) is 5.82 Å². The average Bonchev–Trinajstić information content (AvgIpc) is 2.68. The van der Waals surface area contributed by atoms with E-state index < -0.39 is 5.38 Å². The quantitative estimate of drug-likeness (QED) is 0.660. The van der Waals surface area contributed by atoms with Gasteiger partial charge in [0.15, 0.2) is 0 Å². The van der Waals surface area contributed by atoms with Gasteiger partial charge in [0.05, 0.1) is 9.85 Å². The van der Waals surface area contributed by atoms with Crippen LogP contribution in [0, 0.1) is 12.7 Å². The van der Waals surface area contributed by atoms with Crippen LogP contribution in [0.5, 0.6) is 0 Å². The molecule has 1 atom stereocenters. The molecule has 0 radical (unpaired) electrons. The van der Waals surface area contributed by atoms with Crippen LogP contribution in [0.25, 0.3) is 0 Å². The predicted octanol–water partition coefficient (Wildman–Crippen LogP) is 5.29. The first-order chi connectivity index (χ1) is 7.59. The molecule has 1 aromatic carbocycles. The van der Waals surface area contributed by atoms with E-state index in [1.807, 2.05) is 19.1 Å². The van der Waals surface area contributed by atoms with Gasteiger partial charge >= 0.3 is 0 Å². The Morgan fingerprint density at radius 2 is 2.06 bits per heavy atom. The maximum absolute atomic E-state index is 13.8. The van der Waals surface area contributed by atoms with Crippen LogP contribution in [-0.2, 0) is 0 Å². The lowest BCUT2D eigenvalue weighted by Crippen LogP contribution is -1.95. The number of hydrogen-bond donors (Lipinski definition) is 0. The molecule has 0 bridgehead atoms. The fourth-order valence-corrected chi connectivity index (χ4v) is 3.09. The van der Waals surface area contributed by atoms with Gasteiger partial charge in [0.25, 0.3) is 0 Å². The highest BCUT2D eigenvalue weighted by Crippen LogP contribution is 2.36. The van der Waals surface area contributed by atoms with Gasteiger partial charge in [-0.15, -0.1) is 22.9 Å². The Morgan fingerprint density at radius 3 is 2.69 bits per heavy atom. The van der Waals surface area contributed by atoms with Gasteiger partial charge in [0.1, 0.15) is 5.82 Å². The monoisotopic (exact) mass is 318 g/mol. The molecular weight excluding hydrogens is 311 g/mol. The summed E-state index contributed by atoms with van der Waals surface area (Å²) in [4.78, 5) is 2.15. The molecule has 0 N–H and O–H groups in total. The molecule has 0 amide bonds. The van der Waals surface area contributed by atoms with Crippen LogP contribution >= 0.6 is 38.9 Å². The first-order valence-corrected chi connectivity index (χ1v) is 6.78. The first-order valence-electron chi connectivity index (χ1n) is 4.74. The number of aryl methyl sites for hydroxylation is 1. The highest BCUT2D eigenvalue weighted by Gasteiger charge is 2.17. The molecule has 0 spiro atoms. The number of alkyl halides is 1. The molecule has 2 aromatic rings. The minimum atomic E-state index is -0.420. The van der Waals surface area contributed by atoms with Crippen LogP contribution in [0.4, 0.5) is 4.39 Å². The number of thiophene rings is 1. The number of benzene rings is 1. The van der Waals surface area contributed by atoms with Crippen molar-refractivity contribution in [2.45, 2.75) is 12.3 Å². The Labute approximate surface area is 111 Å². The van der Waals surface area contributed by atoms with E-state index in [0.29, 0.717) is 10.0 Å². The van der Waals surface area contributed by atoms with Gasteiger partial charge in [-0.05, 0) is 41.1 Å². The molecule has 0 aliphatic carbocycles. The highest BCUT2D eigenvalue weighted by molar-refractivity contribution is 9.10. The van der Waals surface area contributed by atoms with Crippen molar-refractivity contribution in [3.63, 3.8) is 0 Å². The van der Waals surface area contributed by atoms with E-state index in [1.54, 1.807) is 29.5 Å². The lowest BCUT2D eigenvalue weighted by Gasteiger charge is -2.09. The van der Waals surface area contributed by atoms with Crippen molar-refractivity contribution in [3.8, 4) is 0 Å². The maximum atomic E-state index is 13.8. The molecule has 0 aliphatic heterocycles. The summed E-state index contributed by atoms with van der Waals surface area (Å²) in [5.74, 6) is -0.284. The average molecular weight is 320 g/mol. The van der Waals surface area contributed by atoms with Crippen LogP contribution in [-0.4, -0.2) is 0 Å². The van der Waals surface area contributed by atoms with Gasteiger partial charge in [-0.3, -0.25) is 0 Å². The van der Waals surface area contributed by atoms with E-state index in [9.17, 15) is 4.39 Å². The SMILES string of the molecule is Cc1ccc(C(Cl)c2cccc(Br)c2F)s1. The largest absolute Gasteiger partial charge is 0.205 e.